The molecule has 0 spiro atoms. The van der Waals surface area contributed by atoms with Crippen LogP contribution in [0.2, 0.25) is 0 Å². The summed E-state index contributed by atoms with van der Waals surface area (Å²) in [5.41, 5.74) is 0.111. The molecule has 0 saturated carbocycles. The Morgan fingerprint density at radius 2 is 1.73 bits per heavy atom. The topological polar surface area (TPSA) is 73.0 Å². The van der Waals surface area contributed by atoms with E-state index in [-0.39, 0.29) is 29.7 Å². The van der Waals surface area contributed by atoms with Gasteiger partial charge in [-0.15, -0.1) is 0 Å². The minimum atomic E-state index is -0.936. The number of likely N-dealkylation sites (tertiary alicyclic amines) is 2. The molecule has 1 aromatic carbocycles. The predicted molar refractivity (Wildman–Crippen MR) is 128 cm³/mol. The zero-order valence-corrected chi connectivity index (χ0v) is 20.1. The second-order valence-electron chi connectivity index (χ2n) is 9.98. The van der Waals surface area contributed by atoms with E-state index in [0.717, 1.165) is 44.5 Å². The Bertz CT molecular complexity index is 846. The minimum Gasteiger partial charge on any atom is -0.342 e. The number of piperidine rings is 1. The molecule has 1 N–H and O–H groups in total. The van der Waals surface area contributed by atoms with E-state index in [1.54, 1.807) is 0 Å². The van der Waals surface area contributed by atoms with Crippen molar-refractivity contribution in [1.82, 2.24) is 20.0 Å². The number of carbonyl (C=O) groups excluding carboxylic acids is 3. The fourth-order valence-electron chi connectivity index (χ4n) is 5.63. The van der Waals surface area contributed by atoms with Crippen LogP contribution in [0.5, 0.6) is 0 Å². The maximum atomic E-state index is 13.9. The maximum Gasteiger partial charge on any atom is 0.325 e. The van der Waals surface area contributed by atoms with Crippen LogP contribution in [-0.4, -0.2) is 77.4 Å². The highest BCUT2D eigenvalue weighted by atomic mass is 16.2. The van der Waals surface area contributed by atoms with Crippen LogP contribution in [-0.2, 0) is 16.0 Å². The molecule has 0 unspecified atom stereocenters. The Labute approximate surface area is 197 Å². The molecule has 7 nitrogen and oxygen atoms in total. The summed E-state index contributed by atoms with van der Waals surface area (Å²) >= 11 is 0. The molecule has 4 amide bonds. The number of urea groups is 1. The Balaban J connectivity index is 1.52. The van der Waals surface area contributed by atoms with Crippen LogP contribution < -0.4 is 5.32 Å². The van der Waals surface area contributed by atoms with E-state index in [1.165, 1.54) is 17.7 Å². The van der Waals surface area contributed by atoms with Gasteiger partial charge >= 0.3 is 6.03 Å². The van der Waals surface area contributed by atoms with Gasteiger partial charge in [0.15, 0.2) is 0 Å². The summed E-state index contributed by atoms with van der Waals surface area (Å²) in [6.45, 7) is 8.55. The fourth-order valence-corrected chi connectivity index (χ4v) is 5.63. The molecule has 0 aliphatic carbocycles. The van der Waals surface area contributed by atoms with Crippen molar-refractivity contribution in [2.75, 3.05) is 39.3 Å². The third-order valence-electron chi connectivity index (χ3n) is 7.90. The molecule has 7 heteroatoms. The SMILES string of the molecule is CC[C@H](C)C(=O)N1CCC([C@@]2(Cc3ccccc3)NC(=O)N(CCN3CCCC3)C2=O)CC1. The Hall–Kier alpha value is -2.41. The number of hydrogen-bond donors (Lipinski definition) is 1. The summed E-state index contributed by atoms with van der Waals surface area (Å²) in [7, 11) is 0. The van der Waals surface area contributed by atoms with Crippen LogP contribution in [0.1, 0.15) is 51.5 Å². The molecule has 3 aliphatic heterocycles. The molecule has 0 bridgehead atoms. The molecule has 0 aromatic heterocycles. The van der Waals surface area contributed by atoms with E-state index in [9.17, 15) is 14.4 Å². The van der Waals surface area contributed by atoms with Crippen LogP contribution in [0.3, 0.4) is 0 Å². The number of rotatable bonds is 8. The summed E-state index contributed by atoms with van der Waals surface area (Å²) < 4.78 is 0. The molecule has 4 rings (SSSR count). The highest BCUT2D eigenvalue weighted by Gasteiger charge is 2.56. The normalized spacial score (nSPS) is 25.5. The smallest absolute Gasteiger partial charge is 0.325 e. The van der Waals surface area contributed by atoms with E-state index < -0.39 is 5.54 Å². The predicted octanol–water partition coefficient (Wildman–Crippen LogP) is 2.90. The summed E-state index contributed by atoms with van der Waals surface area (Å²) in [5, 5.41) is 3.15. The third kappa shape index (κ3) is 4.93. The van der Waals surface area contributed by atoms with E-state index >= 15 is 0 Å². The molecular weight excluding hydrogens is 416 g/mol. The Morgan fingerprint density at radius 1 is 1.06 bits per heavy atom. The quantitative estimate of drug-likeness (QED) is 0.613. The highest BCUT2D eigenvalue weighted by molar-refractivity contribution is 6.07. The van der Waals surface area contributed by atoms with Crippen molar-refractivity contribution in [2.45, 2.75) is 57.9 Å². The van der Waals surface area contributed by atoms with Crippen molar-refractivity contribution in [3.05, 3.63) is 35.9 Å². The van der Waals surface area contributed by atoms with Crippen molar-refractivity contribution in [3.63, 3.8) is 0 Å². The van der Waals surface area contributed by atoms with Gasteiger partial charge in [-0.1, -0.05) is 44.2 Å². The average molecular weight is 455 g/mol. The lowest BCUT2D eigenvalue weighted by Crippen LogP contribution is -2.58. The van der Waals surface area contributed by atoms with Gasteiger partial charge in [-0.05, 0) is 56.7 Å². The summed E-state index contributed by atoms with van der Waals surface area (Å²) in [4.78, 5) is 45.3. The lowest BCUT2D eigenvalue weighted by atomic mass is 9.73. The number of carbonyl (C=O) groups is 3. The first-order valence-corrected chi connectivity index (χ1v) is 12.6. The van der Waals surface area contributed by atoms with Crippen molar-refractivity contribution < 1.29 is 14.4 Å². The first kappa shape index (κ1) is 23.7. The average Bonchev–Trinajstić information content (AvgIpc) is 3.44. The number of nitrogens with zero attached hydrogens (tertiary/aromatic N) is 3. The zero-order valence-electron chi connectivity index (χ0n) is 20.1. The van der Waals surface area contributed by atoms with Gasteiger partial charge in [0.25, 0.3) is 5.91 Å². The Kier molecular flexibility index (Phi) is 7.37. The van der Waals surface area contributed by atoms with Gasteiger partial charge in [0.05, 0.1) is 0 Å². The fraction of sp³-hybridized carbons (Fsp3) is 0.654. The Morgan fingerprint density at radius 3 is 2.36 bits per heavy atom. The number of amides is 4. The zero-order chi connectivity index (χ0) is 23.4. The molecule has 3 heterocycles. The van der Waals surface area contributed by atoms with Crippen LogP contribution in [0.4, 0.5) is 4.79 Å². The maximum absolute atomic E-state index is 13.9. The molecule has 2 atom stereocenters. The first-order valence-electron chi connectivity index (χ1n) is 12.6. The molecular formula is C26H38N4O3. The summed E-state index contributed by atoms with van der Waals surface area (Å²) in [6, 6.07) is 9.69. The van der Waals surface area contributed by atoms with Crippen molar-refractivity contribution >= 4 is 17.8 Å². The molecule has 3 aliphatic rings. The summed E-state index contributed by atoms with van der Waals surface area (Å²) in [6.07, 6.45) is 5.14. The van der Waals surface area contributed by atoms with Gasteiger partial charge in [0, 0.05) is 38.5 Å². The van der Waals surface area contributed by atoms with E-state index in [2.05, 4.69) is 10.2 Å². The van der Waals surface area contributed by atoms with Crippen LogP contribution in [0.15, 0.2) is 30.3 Å². The second-order valence-corrected chi connectivity index (χ2v) is 9.98. The highest BCUT2D eigenvalue weighted by Crippen LogP contribution is 2.37. The van der Waals surface area contributed by atoms with Crippen molar-refractivity contribution in [3.8, 4) is 0 Å². The molecule has 1 aromatic rings. The van der Waals surface area contributed by atoms with Gasteiger partial charge in [0.2, 0.25) is 5.91 Å². The van der Waals surface area contributed by atoms with Gasteiger partial charge in [0.1, 0.15) is 5.54 Å². The van der Waals surface area contributed by atoms with Gasteiger partial charge in [-0.3, -0.25) is 14.5 Å². The summed E-state index contributed by atoms with van der Waals surface area (Å²) in [5.74, 6) is 0.130. The largest absolute Gasteiger partial charge is 0.342 e. The monoisotopic (exact) mass is 454 g/mol. The second kappa shape index (κ2) is 10.2. The molecule has 3 saturated heterocycles. The van der Waals surface area contributed by atoms with E-state index in [4.69, 9.17) is 0 Å². The van der Waals surface area contributed by atoms with Gasteiger partial charge < -0.3 is 15.1 Å². The third-order valence-corrected chi connectivity index (χ3v) is 7.90. The minimum absolute atomic E-state index is 0.00641. The van der Waals surface area contributed by atoms with Crippen molar-refractivity contribution in [2.24, 2.45) is 11.8 Å². The standard InChI is InChI=1S/C26H38N4O3/c1-3-20(2)23(31)29-15-11-22(12-16-29)26(19-21-9-5-4-6-10-21)24(32)30(25(33)27-26)18-17-28-13-7-8-14-28/h4-6,9-10,20,22H,3,7-8,11-19H2,1-2H3,(H,27,33)/t20-,26+/m0/s1. The van der Waals surface area contributed by atoms with Crippen LogP contribution in [0.25, 0.3) is 0 Å². The number of imide groups is 1. The molecule has 0 radical (unpaired) electrons. The van der Waals surface area contributed by atoms with Gasteiger partial charge in [-0.25, -0.2) is 4.79 Å². The first-order chi connectivity index (χ1) is 15.9. The number of nitrogens with one attached hydrogen (secondary N) is 1. The number of benzene rings is 1. The molecule has 3 fully saturated rings. The molecule has 180 valence electrons. The number of hydrogen-bond acceptors (Lipinski definition) is 4. The lowest BCUT2D eigenvalue weighted by molar-refractivity contribution is -0.138. The van der Waals surface area contributed by atoms with Crippen LogP contribution in [0, 0.1) is 11.8 Å². The lowest BCUT2D eigenvalue weighted by Gasteiger charge is -2.41. The van der Waals surface area contributed by atoms with E-state index in [0.29, 0.717) is 26.1 Å². The van der Waals surface area contributed by atoms with E-state index in [1.807, 2.05) is 49.1 Å². The molecule has 33 heavy (non-hydrogen) atoms. The van der Waals surface area contributed by atoms with Gasteiger partial charge in [-0.2, -0.15) is 0 Å². The van der Waals surface area contributed by atoms with Crippen molar-refractivity contribution in [1.29, 1.82) is 0 Å². The van der Waals surface area contributed by atoms with Crippen LogP contribution >= 0.6 is 0 Å².